The Balaban J connectivity index is 1.25. The van der Waals surface area contributed by atoms with Crippen LogP contribution in [-0.2, 0) is 47.2 Å². The third-order valence-corrected chi connectivity index (χ3v) is 11.8. The lowest BCUT2D eigenvalue weighted by atomic mass is 10.0. The first-order valence-corrected chi connectivity index (χ1v) is 19.7. The van der Waals surface area contributed by atoms with Crippen molar-refractivity contribution in [2.45, 2.75) is 121 Å². The van der Waals surface area contributed by atoms with Gasteiger partial charge in [-0.3, -0.25) is 19.3 Å². The van der Waals surface area contributed by atoms with Crippen LogP contribution in [0.4, 0.5) is 9.59 Å². The number of hydrogen-bond donors (Lipinski definition) is 3. The molecule has 16 heteroatoms. The number of carbonyl (C=O) groups is 5. The van der Waals surface area contributed by atoms with Crippen LogP contribution in [0.25, 0.3) is 0 Å². The summed E-state index contributed by atoms with van der Waals surface area (Å²) in [5, 5.41) is 5.53. The molecule has 4 aliphatic heterocycles. The third-order valence-electron chi connectivity index (χ3n) is 10.3. The van der Waals surface area contributed by atoms with Crippen molar-refractivity contribution >= 4 is 40.1 Å². The Morgan fingerprint density at radius 2 is 1.67 bits per heavy atom. The maximum absolute atomic E-state index is 14.3. The van der Waals surface area contributed by atoms with Gasteiger partial charge in [0, 0.05) is 38.5 Å². The van der Waals surface area contributed by atoms with E-state index in [4.69, 9.17) is 9.47 Å². The average molecular weight is 743 g/mol. The number of allylic oxidation sites excluding steroid dienone is 1. The first kappa shape index (κ1) is 37.6. The fourth-order valence-electron chi connectivity index (χ4n) is 7.50. The lowest BCUT2D eigenvalue weighted by Crippen LogP contribution is -2.59. The Morgan fingerprint density at radius 1 is 0.981 bits per heavy atom. The SMILES string of the molecule is CC(C)(C)OC(=O)N[C@H]1CCCCC/C=C\[C@H]2C[C@@]2(C(=O)NS(=O)(=O)N2CCCC2)NC(=O)[C@@H]2C[C@@H](OC(=O)N3Cc4ccccc4C3)CN2C1=O. The zero-order valence-corrected chi connectivity index (χ0v) is 30.9. The van der Waals surface area contributed by atoms with E-state index in [1.54, 1.807) is 25.7 Å². The van der Waals surface area contributed by atoms with E-state index in [1.807, 2.05) is 36.4 Å². The molecular weight excluding hydrogens is 692 g/mol. The lowest BCUT2D eigenvalue weighted by Gasteiger charge is -2.30. The molecule has 5 atom stereocenters. The number of hydrogen-bond acceptors (Lipinski definition) is 9. The summed E-state index contributed by atoms with van der Waals surface area (Å²) in [5.41, 5.74) is -0.360. The van der Waals surface area contributed by atoms with Gasteiger partial charge in [0.2, 0.25) is 11.8 Å². The molecular formula is C36H50N6O9S. The van der Waals surface area contributed by atoms with E-state index in [0.29, 0.717) is 51.9 Å². The highest BCUT2D eigenvalue weighted by Crippen LogP contribution is 2.46. The highest BCUT2D eigenvalue weighted by molar-refractivity contribution is 7.87. The fraction of sp³-hybridized carbons (Fsp3) is 0.639. The molecule has 0 spiro atoms. The Kier molecular flexibility index (Phi) is 10.9. The number of fused-ring (bicyclic) bond motifs is 3. The van der Waals surface area contributed by atoms with Crippen molar-refractivity contribution in [3.05, 3.63) is 47.5 Å². The molecule has 5 amide bonds. The molecule has 0 unspecified atom stereocenters. The second kappa shape index (κ2) is 15.0. The molecule has 3 fully saturated rings. The van der Waals surface area contributed by atoms with Gasteiger partial charge in [-0.2, -0.15) is 12.7 Å². The van der Waals surface area contributed by atoms with Crippen LogP contribution in [0.15, 0.2) is 36.4 Å². The molecule has 15 nitrogen and oxygen atoms in total. The molecule has 0 aromatic heterocycles. The number of ether oxygens (including phenoxy) is 2. The van der Waals surface area contributed by atoms with E-state index in [-0.39, 0.29) is 25.8 Å². The summed E-state index contributed by atoms with van der Waals surface area (Å²) in [6.45, 7) is 6.34. The lowest BCUT2D eigenvalue weighted by molar-refractivity contribution is -0.141. The molecule has 0 bridgehead atoms. The molecule has 6 rings (SSSR count). The minimum Gasteiger partial charge on any atom is -0.444 e. The number of alkyl carbamates (subject to hydrolysis) is 1. The van der Waals surface area contributed by atoms with Crippen molar-refractivity contribution in [2.75, 3.05) is 19.6 Å². The smallest absolute Gasteiger partial charge is 0.410 e. The second-order valence-electron chi connectivity index (χ2n) is 15.5. The van der Waals surface area contributed by atoms with Crippen molar-refractivity contribution in [3.8, 4) is 0 Å². The van der Waals surface area contributed by atoms with Crippen LogP contribution in [-0.4, -0.2) is 101 Å². The summed E-state index contributed by atoms with van der Waals surface area (Å²) in [6, 6.07) is 5.47. The van der Waals surface area contributed by atoms with E-state index in [1.165, 1.54) is 9.21 Å². The second-order valence-corrected chi connectivity index (χ2v) is 17.1. The molecule has 4 heterocycles. The number of carbonyl (C=O) groups excluding carboxylic acids is 5. The van der Waals surface area contributed by atoms with E-state index in [0.717, 1.165) is 24.0 Å². The summed E-state index contributed by atoms with van der Waals surface area (Å²) in [5.74, 6) is -2.54. The maximum Gasteiger partial charge on any atom is 0.410 e. The van der Waals surface area contributed by atoms with Gasteiger partial charge in [0.15, 0.2) is 0 Å². The van der Waals surface area contributed by atoms with Crippen LogP contribution < -0.4 is 15.4 Å². The molecule has 284 valence electrons. The molecule has 0 radical (unpaired) electrons. The maximum atomic E-state index is 14.3. The minimum atomic E-state index is -4.13. The third kappa shape index (κ3) is 8.54. The molecule has 3 N–H and O–H groups in total. The summed E-state index contributed by atoms with van der Waals surface area (Å²) in [4.78, 5) is 71.5. The highest BCUT2D eigenvalue weighted by Gasteiger charge is 2.62. The van der Waals surface area contributed by atoms with Crippen molar-refractivity contribution in [2.24, 2.45) is 5.92 Å². The minimum absolute atomic E-state index is 0.0620. The van der Waals surface area contributed by atoms with Gasteiger partial charge in [-0.25, -0.2) is 14.3 Å². The van der Waals surface area contributed by atoms with Gasteiger partial charge in [0.1, 0.15) is 29.3 Å². The van der Waals surface area contributed by atoms with Gasteiger partial charge in [-0.1, -0.05) is 49.3 Å². The topological polar surface area (TPSA) is 184 Å². The monoisotopic (exact) mass is 742 g/mol. The van der Waals surface area contributed by atoms with Gasteiger partial charge in [0.05, 0.1) is 6.54 Å². The summed E-state index contributed by atoms with van der Waals surface area (Å²) < 4.78 is 41.0. The predicted molar refractivity (Wildman–Crippen MR) is 188 cm³/mol. The zero-order chi connectivity index (χ0) is 37.3. The largest absolute Gasteiger partial charge is 0.444 e. The number of rotatable bonds is 5. The number of amides is 5. The quantitative estimate of drug-likeness (QED) is 0.382. The van der Waals surface area contributed by atoms with E-state index >= 15 is 0 Å². The van der Waals surface area contributed by atoms with Gasteiger partial charge in [-0.15, -0.1) is 0 Å². The standard InChI is InChI=1S/C36H50N6O9S/c1-35(2,3)51-33(46)37-28-16-8-6-4-5-7-15-26-20-36(26,32(45)39-52(48,49)41-17-11-12-18-41)38-30(43)29-19-27(23-42(29)31(28)44)50-34(47)40-21-24-13-9-10-14-25(24)22-40/h7,9-10,13-15,26-29H,4-6,8,11-12,16-23H2,1-3H3,(H,37,46)(H,38,43)(H,39,45)/b15-7-/t26-,27+,28-,29-,36+/m0/s1. The van der Waals surface area contributed by atoms with Gasteiger partial charge in [0.25, 0.3) is 5.91 Å². The normalized spacial score (nSPS) is 29.1. The summed E-state index contributed by atoms with van der Waals surface area (Å²) in [7, 11) is -4.13. The van der Waals surface area contributed by atoms with Crippen LogP contribution >= 0.6 is 0 Å². The van der Waals surface area contributed by atoms with Crippen molar-refractivity contribution in [3.63, 3.8) is 0 Å². The molecule has 1 aromatic carbocycles. The van der Waals surface area contributed by atoms with E-state index < -0.39 is 75.4 Å². The fourth-order valence-corrected chi connectivity index (χ4v) is 8.78. The average Bonchev–Trinajstić information content (AvgIpc) is 3.53. The molecule has 1 saturated carbocycles. The van der Waals surface area contributed by atoms with E-state index in [2.05, 4.69) is 15.4 Å². The van der Waals surface area contributed by atoms with Crippen LogP contribution in [0.3, 0.4) is 0 Å². The van der Waals surface area contributed by atoms with Crippen LogP contribution in [0, 0.1) is 5.92 Å². The Labute approximate surface area is 305 Å². The van der Waals surface area contributed by atoms with Crippen molar-refractivity contribution < 1.29 is 41.9 Å². The van der Waals surface area contributed by atoms with Gasteiger partial charge < -0.3 is 25.0 Å². The Hall–Kier alpha value is -4.18. The summed E-state index contributed by atoms with van der Waals surface area (Å²) >= 11 is 0. The predicted octanol–water partition coefficient (Wildman–Crippen LogP) is 2.85. The van der Waals surface area contributed by atoms with E-state index in [9.17, 15) is 32.4 Å². The highest BCUT2D eigenvalue weighted by atomic mass is 32.2. The van der Waals surface area contributed by atoms with Crippen LogP contribution in [0.2, 0.25) is 0 Å². The van der Waals surface area contributed by atoms with Gasteiger partial charge in [-0.05, 0) is 70.4 Å². The Bertz CT molecular complexity index is 1680. The molecule has 1 aromatic rings. The molecule has 2 saturated heterocycles. The van der Waals surface area contributed by atoms with Crippen molar-refractivity contribution in [1.82, 2.24) is 29.5 Å². The van der Waals surface area contributed by atoms with Crippen LogP contribution in [0.1, 0.15) is 89.7 Å². The summed E-state index contributed by atoms with van der Waals surface area (Å²) in [6.07, 6.45) is 6.10. The number of benzene rings is 1. The number of nitrogens with one attached hydrogen (secondary N) is 3. The first-order chi connectivity index (χ1) is 24.6. The Morgan fingerprint density at radius 3 is 2.35 bits per heavy atom. The zero-order valence-electron chi connectivity index (χ0n) is 30.1. The molecule has 5 aliphatic rings. The first-order valence-electron chi connectivity index (χ1n) is 18.3. The van der Waals surface area contributed by atoms with Crippen LogP contribution in [0.5, 0.6) is 0 Å². The number of nitrogens with zero attached hydrogens (tertiary/aromatic N) is 3. The van der Waals surface area contributed by atoms with Gasteiger partial charge >= 0.3 is 22.4 Å². The van der Waals surface area contributed by atoms with Crippen molar-refractivity contribution in [1.29, 1.82) is 0 Å². The molecule has 1 aliphatic carbocycles. The molecule has 52 heavy (non-hydrogen) atoms.